The Kier molecular flexibility index (Phi) is 5.58. The quantitative estimate of drug-likeness (QED) is 0.839. The van der Waals surface area contributed by atoms with Gasteiger partial charge in [-0.25, -0.2) is 4.79 Å². The molecule has 1 saturated carbocycles. The predicted octanol–water partition coefficient (Wildman–Crippen LogP) is 2.91. The van der Waals surface area contributed by atoms with E-state index >= 15 is 0 Å². The van der Waals surface area contributed by atoms with E-state index in [2.05, 4.69) is 5.32 Å². The molecule has 1 aliphatic heterocycles. The van der Waals surface area contributed by atoms with Crippen molar-refractivity contribution in [2.24, 2.45) is 11.8 Å². The molecule has 7 heteroatoms. The molecule has 2 amide bonds. The Balaban J connectivity index is 1.91. The molecule has 128 valence electrons. The average molecular weight is 322 g/mol. The summed E-state index contributed by atoms with van der Waals surface area (Å²) in [7, 11) is 0. The molecule has 1 aliphatic carbocycles. The molecule has 0 aromatic carbocycles. The third-order valence-corrected chi connectivity index (χ3v) is 5.01. The van der Waals surface area contributed by atoms with Gasteiger partial charge in [-0.3, -0.25) is 0 Å². The van der Waals surface area contributed by atoms with Crippen molar-refractivity contribution in [2.75, 3.05) is 13.1 Å². The Morgan fingerprint density at radius 3 is 2.14 bits per heavy atom. The van der Waals surface area contributed by atoms with Crippen LogP contribution in [0.5, 0.6) is 0 Å². The maximum absolute atomic E-state index is 13.2. The monoisotopic (exact) mass is 322 g/mol. The van der Waals surface area contributed by atoms with Gasteiger partial charge in [-0.15, -0.1) is 0 Å². The van der Waals surface area contributed by atoms with E-state index in [0.717, 1.165) is 12.8 Å². The third kappa shape index (κ3) is 4.27. The second-order valence-electron chi connectivity index (χ2n) is 6.58. The van der Waals surface area contributed by atoms with Crippen LogP contribution in [0.25, 0.3) is 0 Å². The fourth-order valence-electron chi connectivity index (χ4n) is 3.57. The van der Waals surface area contributed by atoms with Crippen molar-refractivity contribution in [1.29, 1.82) is 0 Å². The minimum Gasteiger partial charge on any atom is -0.393 e. The average Bonchev–Trinajstić information content (AvgIpc) is 2.97. The highest BCUT2D eigenvalue weighted by molar-refractivity contribution is 5.74. The zero-order valence-electron chi connectivity index (χ0n) is 12.9. The minimum atomic E-state index is -4.40. The van der Waals surface area contributed by atoms with Gasteiger partial charge in [0.15, 0.2) is 0 Å². The van der Waals surface area contributed by atoms with Crippen molar-refractivity contribution in [3.05, 3.63) is 0 Å². The number of piperidine rings is 1. The fraction of sp³-hybridized carbons (Fsp3) is 0.933. The van der Waals surface area contributed by atoms with Crippen LogP contribution < -0.4 is 5.32 Å². The molecule has 2 atom stereocenters. The maximum Gasteiger partial charge on any atom is 0.408 e. The molecule has 2 aliphatic rings. The Morgan fingerprint density at radius 1 is 1.14 bits per heavy atom. The van der Waals surface area contributed by atoms with Crippen LogP contribution in [0, 0.1) is 11.8 Å². The first-order valence-corrected chi connectivity index (χ1v) is 8.09. The first kappa shape index (κ1) is 17.4. The van der Waals surface area contributed by atoms with Crippen LogP contribution in [-0.4, -0.2) is 47.4 Å². The van der Waals surface area contributed by atoms with Crippen molar-refractivity contribution in [1.82, 2.24) is 10.2 Å². The highest BCUT2D eigenvalue weighted by Crippen LogP contribution is 2.35. The summed E-state index contributed by atoms with van der Waals surface area (Å²) in [4.78, 5) is 13.6. The zero-order chi connectivity index (χ0) is 16.3. The van der Waals surface area contributed by atoms with Gasteiger partial charge in [-0.2, -0.15) is 13.2 Å². The summed E-state index contributed by atoms with van der Waals surface area (Å²) < 4.78 is 39.6. The lowest BCUT2D eigenvalue weighted by Crippen LogP contribution is -2.55. The van der Waals surface area contributed by atoms with Crippen molar-refractivity contribution < 1.29 is 23.1 Å². The molecular weight excluding hydrogens is 297 g/mol. The number of likely N-dealkylation sites (tertiary alicyclic amines) is 1. The first-order chi connectivity index (χ1) is 10.3. The molecule has 0 bridgehead atoms. The van der Waals surface area contributed by atoms with Crippen LogP contribution in [0.4, 0.5) is 18.0 Å². The van der Waals surface area contributed by atoms with Gasteiger partial charge in [0.1, 0.15) is 6.04 Å². The Morgan fingerprint density at radius 2 is 1.68 bits per heavy atom. The van der Waals surface area contributed by atoms with Gasteiger partial charge in [-0.05, 0) is 44.4 Å². The normalized spacial score (nSPS) is 24.3. The van der Waals surface area contributed by atoms with E-state index in [1.807, 2.05) is 0 Å². The molecule has 22 heavy (non-hydrogen) atoms. The van der Waals surface area contributed by atoms with Crippen molar-refractivity contribution in [3.63, 3.8) is 0 Å². The van der Waals surface area contributed by atoms with Crippen LogP contribution in [0.3, 0.4) is 0 Å². The number of aliphatic hydroxyl groups excluding tert-OH is 1. The molecule has 2 rings (SSSR count). The van der Waals surface area contributed by atoms with Gasteiger partial charge < -0.3 is 15.3 Å². The van der Waals surface area contributed by atoms with Crippen LogP contribution in [0.15, 0.2) is 0 Å². The number of hydrogen-bond donors (Lipinski definition) is 2. The molecule has 1 heterocycles. The van der Waals surface area contributed by atoms with Gasteiger partial charge in [0.05, 0.1) is 6.10 Å². The van der Waals surface area contributed by atoms with Crippen LogP contribution in [0.2, 0.25) is 0 Å². The van der Waals surface area contributed by atoms with Gasteiger partial charge in [0.25, 0.3) is 0 Å². The summed E-state index contributed by atoms with van der Waals surface area (Å²) in [5.41, 5.74) is 0. The molecule has 0 spiro atoms. The van der Waals surface area contributed by atoms with Crippen molar-refractivity contribution in [3.8, 4) is 0 Å². The van der Waals surface area contributed by atoms with Gasteiger partial charge in [0.2, 0.25) is 0 Å². The summed E-state index contributed by atoms with van der Waals surface area (Å²) in [6.45, 7) is 2.51. The molecule has 4 nitrogen and oxygen atoms in total. The summed E-state index contributed by atoms with van der Waals surface area (Å²) in [5, 5.41) is 11.7. The van der Waals surface area contributed by atoms with Crippen LogP contribution >= 0.6 is 0 Å². The summed E-state index contributed by atoms with van der Waals surface area (Å²) in [6.07, 6.45) is -0.936. The van der Waals surface area contributed by atoms with Crippen molar-refractivity contribution >= 4 is 6.03 Å². The van der Waals surface area contributed by atoms with Crippen LogP contribution in [0.1, 0.15) is 45.4 Å². The van der Waals surface area contributed by atoms with E-state index in [-0.39, 0.29) is 5.92 Å². The van der Waals surface area contributed by atoms with Crippen molar-refractivity contribution in [2.45, 2.75) is 63.8 Å². The Bertz CT molecular complexity index is 373. The third-order valence-electron chi connectivity index (χ3n) is 5.01. The number of alkyl halides is 3. The number of carbonyl (C=O) groups is 1. The lowest BCUT2D eigenvalue weighted by atomic mass is 9.92. The van der Waals surface area contributed by atoms with Crippen LogP contribution in [-0.2, 0) is 0 Å². The van der Waals surface area contributed by atoms with Gasteiger partial charge in [-0.1, -0.05) is 12.8 Å². The number of urea groups is 1. The molecule has 0 aromatic rings. The standard InChI is InChI=1S/C15H25F3N2O2/c1-10(21)11-6-8-20(9-7-11)14(22)19-13(15(16,17)18)12-4-2-3-5-12/h10-13,21H,2-9H2,1H3,(H,19,22)/t10-,13-/m1/s1. The highest BCUT2D eigenvalue weighted by Gasteiger charge is 2.46. The zero-order valence-corrected chi connectivity index (χ0v) is 12.9. The van der Waals surface area contributed by atoms with E-state index < -0.39 is 30.3 Å². The molecule has 0 radical (unpaired) electrons. The first-order valence-electron chi connectivity index (χ1n) is 8.09. The number of hydrogen-bond acceptors (Lipinski definition) is 2. The Hall–Kier alpha value is -0.980. The number of aliphatic hydroxyl groups is 1. The second-order valence-corrected chi connectivity index (χ2v) is 6.58. The maximum atomic E-state index is 13.2. The number of carbonyl (C=O) groups excluding carboxylic acids is 1. The SMILES string of the molecule is C[C@@H](O)C1CCN(C(=O)N[C@H](C2CCCC2)C(F)(F)F)CC1. The number of nitrogens with one attached hydrogen (secondary N) is 1. The molecule has 0 aromatic heterocycles. The van der Waals surface area contributed by atoms with E-state index in [1.54, 1.807) is 6.92 Å². The number of halogens is 3. The van der Waals surface area contributed by atoms with E-state index in [4.69, 9.17) is 0 Å². The number of nitrogens with zero attached hydrogens (tertiary/aromatic N) is 1. The van der Waals surface area contributed by atoms with E-state index in [1.165, 1.54) is 4.90 Å². The summed E-state index contributed by atoms with van der Waals surface area (Å²) >= 11 is 0. The molecule has 2 fully saturated rings. The summed E-state index contributed by atoms with van der Waals surface area (Å²) in [6, 6.07) is -2.37. The summed E-state index contributed by atoms with van der Waals surface area (Å²) in [5.74, 6) is -0.378. The smallest absolute Gasteiger partial charge is 0.393 e. The molecule has 0 unspecified atom stereocenters. The fourth-order valence-corrected chi connectivity index (χ4v) is 3.57. The topological polar surface area (TPSA) is 52.6 Å². The van der Waals surface area contributed by atoms with E-state index in [9.17, 15) is 23.1 Å². The molecular formula is C15H25F3N2O2. The number of rotatable bonds is 3. The predicted molar refractivity (Wildman–Crippen MR) is 76.3 cm³/mol. The van der Waals surface area contributed by atoms with Gasteiger partial charge in [0, 0.05) is 13.1 Å². The Labute approximate surface area is 129 Å². The largest absolute Gasteiger partial charge is 0.408 e. The highest BCUT2D eigenvalue weighted by atomic mass is 19.4. The second kappa shape index (κ2) is 7.06. The van der Waals surface area contributed by atoms with E-state index in [0.29, 0.717) is 38.8 Å². The number of amides is 2. The molecule has 2 N–H and O–H groups in total. The minimum absolute atomic E-state index is 0.122. The van der Waals surface area contributed by atoms with Gasteiger partial charge >= 0.3 is 12.2 Å². The lowest BCUT2D eigenvalue weighted by molar-refractivity contribution is -0.165. The molecule has 1 saturated heterocycles. The lowest BCUT2D eigenvalue weighted by Gasteiger charge is -2.35.